The van der Waals surface area contributed by atoms with Crippen molar-refractivity contribution >= 4 is 21.7 Å². The molecule has 2 aromatic rings. The van der Waals surface area contributed by atoms with Crippen molar-refractivity contribution in [2.75, 3.05) is 13.0 Å². The van der Waals surface area contributed by atoms with Gasteiger partial charge in [-0.1, -0.05) is 12.1 Å². The van der Waals surface area contributed by atoms with Crippen molar-refractivity contribution in [2.24, 2.45) is 0 Å². The number of esters is 1. The molecule has 9 heteroatoms. The molecule has 0 aromatic heterocycles. The molecule has 1 aliphatic rings. The molecule has 0 saturated heterocycles. The molecule has 148 valence electrons. The van der Waals surface area contributed by atoms with E-state index in [1.54, 1.807) is 18.2 Å². The molecule has 8 nitrogen and oxygen atoms in total. The van der Waals surface area contributed by atoms with Crippen LogP contribution in [0.15, 0.2) is 47.4 Å². The fourth-order valence-electron chi connectivity index (χ4n) is 2.52. The first-order valence-electron chi connectivity index (χ1n) is 8.41. The predicted molar refractivity (Wildman–Crippen MR) is 98.8 cm³/mol. The Kier molecular flexibility index (Phi) is 5.55. The van der Waals surface area contributed by atoms with Crippen LogP contribution in [0.1, 0.15) is 22.8 Å². The van der Waals surface area contributed by atoms with Gasteiger partial charge in [-0.2, -0.15) is 0 Å². The molecule has 0 bridgehead atoms. The van der Waals surface area contributed by atoms with Gasteiger partial charge in [0.05, 0.1) is 10.5 Å². The number of rotatable bonds is 6. The number of hydrogen-bond acceptors (Lipinski definition) is 7. The third-order valence-corrected chi connectivity index (χ3v) is 5.16. The monoisotopic (exact) mass is 405 g/mol. The van der Waals surface area contributed by atoms with Crippen molar-refractivity contribution in [1.29, 1.82) is 0 Å². The fourth-order valence-corrected chi connectivity index (χ4v) is 3.19. The van der Waals surface area contributed by atoms with Gasteiger partial charge in [0, 0.05) is 12.8 Å². The van der Waals surface area contributed by atoms with Crippen molar-refractivity contribution in [3.8, 4) is 11.5 Å². The SMILES string of the molecule is C[C@@H](OC(=O)c1cccc(S(C)(=O)=O)c1)C(=O)NCc1ccc2c(c1)OCO2. The van der Waals surface area contributed by atoms with E-state index in [0.29, 0.717) is 11.5 Å². The number of fused-ring (bicyclic) bond motifs is 1. The molecule has 0 spiro atoms. The molecule has 0 saturated carbocycles. The lowest BCUT2D eigenvalue weighted by Crippen LogP contribution is -2.35. The number of carbonyl (C=O) groups is 2. The highest BCUT2D eigenvalue weighted by atomic mass is 32.2. The van der Waals surface area contributed by atoms with Crippen molar-refractivity contribution in [2.45, 2.75) is 24.5 Å². The van der Waals surface area contributed by atoms with E-state index in [1.807, 2.05) is 0 Å². The van der Waals surface area contributed by atoms with E-state index >= 15 is 0 Å². The lowest BCUT2D eigenvalue weighted by Gasteiger charge is -2.14. The molecule has 0 unspecified atom stereocenters. The van der Waals surface area contributed by atoms with Crippen LogP contribution < -0.4 is 14.8 Å². The first-order chi connectivity index (χ1) is 13.2. The zero-order chi connectivity index (χ0) is 20.3. The summed E-state index contributed by atoms with van der Waals surface area (Å²) in [6.07, 6.45) is -0.00712. The number of benzene rings is 2. The maximum atomic E-state index is 12.2. The summed E-state index contributed by atoms with van der Waals surface area (Å²) in [5.41, 5.74) is 0.857. The summed E-state index contributed by atoms with van der Waals surface area (Å²) < 4.78 is 38.8. The highest BCUT2D eigenvalue weighted by molar-refractivity contribution is 7.90. The van der Waals surface area contributed by atoms with Crippen LogP contribution in [-0.2, 0) is 25.9 Å². The second kappa shape index (κ2) is 7.89. The number of ether oxygens (including phenoxy) is 3. The van der Waals surface area contributed by atoms with E-state index in [-0.39, 0.29) is 23.8 Å². The molecule has 1 aliphatic heterocycles. The lowest BCUT2D eigenvalue weighted by molar-refractivity contribution is -0.129. The smallest absolute Gasteiger partial charge is 0.338 e. The van der Waals surface area contributed by atoms with Crippen LogP contribution in [0.5, 0.6) is 11.5 Å². The first kappa shape index (κ1) is 19.7. The number of carbonyl (C=O) groups excluding carboxylic acids is 2. The van der Waals surface area contributed by atoms with E-state index < -0.39 is 27.8 Å². The number of sulfone groups is 1. The van der Waals surface area contributed by atoms with Crippen LogP contribution in [0, 0.1) is 0 Å². The minimum absolute atomic E-state index is 0.00172. The number of nitrogens with one attached hydrogen (secondary N) is 1. The molecule has 28 heavy (non-hydrogen) atoms. The Hall–Kier alpha value is -3.07. The number of amides is 1. The lowest BCUT2D eigenvalue weighted by atomic mass is 10.2. The standard InChI is InChI=1S/C19H19NO7S/c1-12(27-19(22)14-4-3-5-15(9-14)28(2,23)24)18(21)20-10-13-6-7-16-17(8-13)26-11-25-16/h3-9,12H,10-11H2,1-2H3,(H,20,21)/t12-/m1/s1. The van der Waals surface area contributed by atoms with Crippen molar-refractivity contribution in [1.82, 2.24) is 5.32 Å². The molecule has 0 fully saturated rings. The molecule has 1 atom stereocenters. The molecular weight excluding hydrogens is 386 g/mol. The molecule has 1 N–H and O–H groups in total. The molecule has 0 aliphatic carbocycles. The minimum atomic E-state index is -3.45. The quantitative estimate of drug-likeness (QED) is 0.729. The van der Waals surface area contributed by atoms with Crippen LogP contribution in [0.25, 0.3) is 0 Å². The molecule has 3 rings (SSSR count). The average Bonchev–Trinajstić information content (AvgIpc) is 3.13. The molecule has 1 amide bonds. The van der Waals surface area contributed by atoms with Gasteiger partial charge in [-0.15, -0.1) is 0 Å². The predicted octanol–water partition coefficient (Wildman–Crippen LogP) is 1.68. The van der Waals surface area contributed by atoms with Gasteiger partial charge in [0.15, 0.2) is 27.4 Å². The van der Waals surface area contributed by atoms with Crippen LogP contribution in [-0.4, -0.2) is 39.4 Å². The van der Waals surface area contributed by atoms with Crippen LogP contribution in [0.3, 0.4) is 0 Å². The molecule has 1 heterocycles. The van der Waals surface area contributed by atoms with Crippen molar-refractivity contribution in [3.63, 3.8) is 0 Å². The Labute approximate surface area is 162 Å². The topological polar surface area (TPSA) is 108 Å². The van der Waals surface area contributed by atoms with Crippen molar-refractivity contribution in [3.05, 3.63) is 53.6 Å². The van der Waals surface area contributed by atoms with Gasteiger partial charge in [-0.25, -0.2) is 13.2 Å². The zero-order valence-electron chi connectivity index (χ0n) is 15.3. The van der Waals surface area contributed by atoms with E-state index in [4.69, 9.17) is 14.2 Å². The highest BCUT2D eigenvalue weighted by Crippen LogP contribution is 2.32. The Morgan fingerprint density at radius 2 is 1.89 bits per heavy atom. The normalized spacial score (nSPS) is 13.6. The molecular formula is C19H19NO7S. The first-order valence-corrected chi connectivity index (χ1v) is 10.3. The Balaban J connectivity index is 1.57. The van der Waals surface area contributed by atoms with E-state index in [9.17, 15) is 18.0 Å². The number of hydrogen-bond donors (Lipinski definition) is 1. The maximum absolute atomic E-state index is 12.2. The summed E-state index contributed by atoms with van der Waals surface area (Å²) >= 11 is 0. The summed E-state index contributed by atoms with van der Waals surface area (Å²) in [5.74, 6) is -0.00723. The van der Waals surface area contributed by atoms with Crippen LogP contribution >= 0.6 is 0 Å². The average molecular weight is 405 g/mol. The van der Waals surface area contributed by atoms with Gasteiger partial charge >= 0.3 is 5.97 Å². The van der Waals surface area contributed by atoms with Crippen LogP contribution in [0.4, 0.5) is 0 Å². The third kappa shape index (κ3) is 4.61. The summed E-state index contributed by atoms with van der Waals surface area (Å²) in [4.78, 5) is 24.4. The van der Waals surface area contributed by atoms with E-state index in [0.717, 1.165) is 11.8 Å². The molecule has 2 aromatic carbocycles. The molecule has 0 radical (unpaired) electrons. The van der Waals surface area contributed by atoms with Gasteiger partial charge in [0.2, 0.25) is 6.79 Å². The minimum Gasteiger partial charge on any atom is -0.454 e. The van der Waals surface area contributed by atoms with Gasteiger partial charge in [0.1, 0.15) is 0 Å². The second-order valence-corrected chi connectivity index (χ2v) is 8.27. The van der Waals surface area contributed by atoms with Gasteiger partial charge < -0.3 is 19.5 Å². The van der Waals surface area contributed by atoms with Crippen molar-refractivity contribution < 1.29 is 32.2 Å². The summed E-state index contributed by atoms with van der Waals surface area (Å²) in [6.45, 7) is 1.83. The van der Waals surface area contributed by atoms with Gasteiger partial charge in [-0.05, 0) is 42.8 Å². The maximum Gasteiger partial charge on any atom is 0.338 e. The Bertz CT molecular complexity index is 1020. The summed E-state index contributed by atoms with van der Waals surface area (Å²) in [6, 6.07) is 10.8. The van der Waals surface area contributed by atoms with Crippen LogP contribution in [0.2, 0.25) is 0 Å². The highest BCUT2D eigenvalue weighted by Gasteiger charge is 2.20. The third-order valence-electron chi connectivity index (χ3n) is 4.05. The summed E-state index contributed by atoms with van der Waals surface area (Å²) in [7, 11) is -3.45. The summed E-state index contributed by atoms with van der Waals surface area (Å²) in [5, 5.41) is 2.67. The Morgan fingerprint density at radius 3 is 2.64 bits per heavy atom. The second-order valence-electron chi connectivity index (χ2n) is 6.25. The van der Waals surface area contributed by atoms with Gasteiger partial charge in [0.25, 0.3) is 5.91 Å². The van der Waals surface area contributed by atoms with E-state index in [1.165, 1.54) is 31.2 Å². The van der Waals surface area contributed by atoms with E-state index in [2.05, 4.69) is 5.32 Å². The fraction of sp³-hybridized carbons (Fsp3) is 0.263. The van der Waals surface area contributed by atoms with Gasteiger partial charge in [-0.3, -0.25) is 4.79 Å². The largest absolute Gasteiger partial charge is 0.454 e. The Morgan fingerprint density at radius 1 is 1.14 bits per heavy atom. The zero-order valence-corrected chi connectivity index (χ0v) is 16.1.